The minimum atomic E-state index is -0.258. The van der Waals surface area contributed by atoms with Gasteiger partial charge in [0.05, 0.1) is 0 Å². The molecule has 0 saturated carbocycles. The molecule has 1 amide bonds. The van der Waals surface area contributed by atoms with Crippen molar-refractivity contribution in [2.45, 2.75) is 71.9 Å². The van der Waals surface area contributed by atoms with E-state index >= 15 is 0 Å². The Labute approximate surface area is 182 Å². The zero-order valence-corrected chi connectivity index (χ0v) is 19.2. The maximum atomic E-state index is 12.1. The van der Waals surface area contributed by atoms with Crippen LogP contribution in [0.4, 0.5) is 0 Å². The third-order valence-corrected chi connectivity index (χ3v) is 4.63. The molecule has 29 heavy (non-hydrogen) atoms. The van der Waals surface area contributed by atoms with Crippen LogP contribution in [0, 0.1) is 0 Å². The van der Waals surface area contributed by atoms with Crippen LogP contribution >= 0.6 is 12.4 Å². The Morgan fingerprint density at radius 1 is 1.00 bits per heavy atom. The summed E-state index contributed by atoms with van der Waals surface area (Å²) in [7, 11) is 0. The number of benzene rings is 2. The number of hydrogen-bond acceptors (Lipinski definition) is 3. The van der Waals surface area contributed by atoms with Crippen molar-refractivity contribution in [3.05, 3.63) is 42.0 Å². The van der Waals surface area contributed by atoms with Crippen LogP contribution in [0.2, 0.25) is 0 Å². The van der Waals surface area contributed by atoms with Crippen LogP contribution < -0.4 is 15.4 Å². The van der Waals surface area contributed by atoms with Crippen molar-refractivity contribution in [3.8, 4) is 5.75 Å². The van der Waals surface area contributed by atoms with E-state index < -0.39 is 0 Å². The van der Waals surface area contributed by atoms with E-state index in [1.54, 1.807) is 0 Å². The second kappa shape index (κ2) is 12.7. The number of halogens is 1. The second-order valence-corrected chi connectivity index (χ2v) is 8.44. The van der Waals surface area contributed by atoms with Gasteiger partial charge in [-0.3, -0.25) is 4.79 Å². The molecule has 0 heterocycles. The van der Waals surface area contributed by atoms with E-state index in [4.69, 9.17) is 4.74 Å². The lowest BCUT2D eigenvalue weighted by molar-refractivity contribution is -0.124. The first-order valence-electron chi connectivity index (χ1n) is 10.6. The Balaban J connectivity index is 0.00000420. The smallest absolute Gasteiger partial charge is 0.258 e. The fourth-order valence-electron chi connectivity index (χ4n) is 3.30. The van der Waals surface area contributed by atoms with Gasteiger partial charge >= 0.3 is 0 Å². The van der Waals surface area contributed by atoms with E-state index in [0.717, 1.165) is 24.4 Å². The van der Waals surface area contributed by atoms with Crippen LogP contribution in [-0.2, 0) is 11.3 Å². The van der Waals surface area contributed by atoms with Gasteiger partial charge in [-0.2, -0.15) is 0 Å². The highest BCUT2D eigenvalue weighted by molar-refractivity contribution is 5.88. The lowest BCUT2D eigenvalue weighted by atomic mass is 10.0. The third kappa shape index (κ3) is 9.05. The van der Waals surface area contributed by atoms with E-state index in [0.29, 0.717) is 0 Å². The largest absolute Gasteiger partial charge is 0.483 e. The number of amides is 1. The van der Waals surface area contributed by atoms with E-state index in [1.807, 2.05) is 39.0 Å². The Morgan fingerprint density at radius 2 is 1.72 bits per heavy atom. The average molecular weight is 421 g/mol. The molecule has 4 nitrogen and oxygen atoms in total. The number of unbranched alkanes of at least 4 members (excludes halogenated alkanes) is 4. The van der Waals surface area contributed by atoms with Crippen LogP contribution in [0.25, 0.3) is 10.8 Å². The van der Waals surface area contributed by atoms with Crippen molar-refractivity contribution in [1.29, 1.82) is 0 Å². The van der Waals surface area contributed by atoms with Gasteiger partial charge in [0.25, 0.3) is 5.91 Å². The molecular formula is C24H37ClN2O2. The van der Waals surface area contributed by atoms with Crippen molar-refractivity contribution in [3.63, 3.8) is 0 Å². The number of rotatable bonds is 11. The first-order valence-corrected chi connectivity index (χ1v) is 10.6. The van der Waals surface area contributed by atoms with E-state index in [1.165, 1.54) is 42.9 Å². The number of ether oxygens (including phenoxy) is 1. The van der Waals surface area contributed by atoms with Crippen molar-refractivity contribution in [1.82, 2.24) is 10.6 Å². The number of nitrogens with one attached hydrogen (secondary N) is 2. The maximum Gasteiger partial charge on any atom is 0.258 e. The van der Waals surface area contributed by atoms with Crippen LogP contribution in [0.5, 0.6) is 5.75 Å². The summed E-state index contributed by atoms with van der Waals surface area (Å²) in [6.45, 7) is 9.91. The summed E-state index contributed by atoms with van der Waals surface area (Å²) in [4.78, 5) is 12.1. The van der Waals surface area contributed by atoms with Crippen LogP contribution in [0.1, 0.15) is 65.4 Å². The molecule has 0 spiro atoms. The molecule has 2 rings (SSSR count). The van der Waals surface area contributed by atoms with Gasteiger partial charge in [-0.25, -0.2) is 0 Å². The highest BCUT2D eigenvalue weighted by Gasteiger charge is 2.15. The fourth-order valence-corrected chi connectivity index (χ4v) is 3.30. The normalized spacial score (nSPS) is 11.2. The Morgan fingerprint density at radius 3 is 2.45 bits per heavy atom. The zero-order valence-electron chi connectivity index (χ0n) is 18.3. The molecule has 0 aliphatic heterocycles. The molecule has 0 unspecified atom stereocenters. The topological polar surface area (TPSA) is 50.4 Å². The summed E-state index contributed by atoms with van der Waals surface area (Å²) >= 11 is 0. The third-order valence-electron chi connectivity index (χ3n) is 4.63. The minimum Gasteiger partial charge on any atom is -0.483 e. The summed E-state index contributed by atoms with van der Waals surface area (Å²) in [5, 5.41) is 8.86. The lowest BCUT2D eigenvalue weighted by Gasteiger charge is -2.21. The molecule has 2 aromatic rings. The van der Waals surface area contributed by atoms with Gasteiger partial charge in [-0.1, -0.05) is 62.9 Å². The Kier molecular flexibility index (Phi) is 11.1. The molecule has 2 aromatic carbocycles. The number of carbonyl (C=O) groups is 1. The molecule has 0 aliphatic carbocycles. The quantitative estimate of drug-likeness (QED) is 0.464. The van der Waals surface area contributed by atoms with Crippen molar-refractivity contribution in [2.24, 2.45) is 0 Å². The van der Waals surface area contributed by atoms with Gasteiger partial charge in [0, 0.05) is 17.6 Å². The molecule has 162 valence electrons. The summed E-state index contributed by atoms with van der Waals surface area (Å²) < 4.78 is 5.91. The van der Waals surface area contributed by atoms with Crippen molar-refractivity contribution >= 4 is 29.1 Å². The molecular weight excluding hydrogens is 384 g/mol. The Hall–Kier alpha value is -1.78. The average Bonchev–Trinajstić information content (AvgIpc) is 2.64. The van der Waals surface area contributed by atoms with Crippen LogP contribution in [-0.4, -0.2) is 24.6 Å². The van der Waals surface area contributed by atoms with Crippen LogP contribution in [0.15, 0.2) is 36.4 Å². The molecule has 0 atom stereocenters. The molecule has 2 N–H and O–H groups in total. The fraction of sp³-hybridized carbons (Fsp3) is 0.542. The minimum absolute atomic E-state index is 0. The summed E-state index contributed by atoms with van der Waals surface area (Å²) in [5.41, 5.74) is 0.863. The maximum absolute atomic E-state index is 12.1. The van der Waals surface area contributed by atoms with Gasteiger partial charge in [0.1, 0.15) is 5.75 Å². The zero-order chi connectivity index (χ0) is 20.4. The monoisotopic (exact) mass is 420 g/mol. The van der Waals surface area contributed by atoms with Gasteiger partial charge in [-0.05, 0) is 50.6 Å². The summed E-state index contributed by atoms with van der Waals surface area (Å²) in [5.74, 6) is 0.678. The predicted molar refractivity (Wildman–Crippen MR) is 125 cm³/mol. The van der Waals surface area contributed by atoms with Gasteiger partial charge in [0.15, 0.2) is 6.61 Å². The molecule has 0 radical (unpaired) electrons. The number of carbonyl (C=O) groups excluding carboxylic acids is 1. The highest BCUT2D eigenvalue weighted by atomic mass is 35.5. The SMILES string of the molecule is CCCCCCCNCc1c(OCC(=O)NC(C)(C)C)ccc2ccccc12.Cl. The second-order valence-electron chi connectivity index (χ2n) is 8.44. The molecule has 0 bridgehead atoms. The van der Waals surface area contributed by atoms with Crippen molar-refractivity contribution in [2.75, 3.05) is 13.2 Å². The van der Waals surface area contributed by atoms with Crippen LogP contribution in [0.3, 0.4) is 0 Å². The predicted octanol–water partition coefficient (Wildman–Crippen LogP) is 5.62. The van der Waals surface area contributed by atoms with Crippen molar-refractivity contribution < 1.29 is 9.53 Å². The first-order chi connectivity index (χ1) is 13.4. The first kappa shape index (κ1) is 25.3. The van der Waals surface area contributed by atoms with Gasteiger partial charge in [0.2, 0.25) is 0 Å². The van der Waals surface area contributed by atoms with E-state index in [2.05, 4.69) is 35.8 Å². The van der Waals surface area contributed by atoms with Gasteiger partial charge < -0.3 is 15.4 Å². The Bertz CT molecular complexity index is 756. The number of hydrogen-bond donors (Lipinski definition) is 2. The number of fused-ring (bicyclic) bond motifs is 1. The van der Waals surface area contributed by atoms with E-state index in [-0.39, 0.29) is 30.5 Å². The highest BCUT2D eigenvalue weighted by Crippen LogP contribution is 2.28. The summed E-state index contributed by atoms with van der Waals surface area (Å²) in [6.07, 6.45) is 6.36. The molecule has 0 fully saturated rings. The molecule has 0 saturated heterocycles. The molecule has 0 aliphatic rings. The van der Waals surface area contributed by atoms with Gasteiger partial charge in [-0.15, -0.1) is 12.4 Å². The van der Waals surface area contributed by atoms with E-state index in [9.17, 15) is 4.79 Å². The molecule has 5 heteroatoms. The summed E-state index contributed by atoms with van der Waals surface area (Å²) in [6, 6.07) is 12.4. The molecule has 0 aromatic heterocycles. The lowest BCUT2D eigenvalue weighted by Crippen LogP contribution is -2.43. The standard InChI is InChI=1S/C24H36N2O2.ClH/c1-5-6-7-8-11-16-25-17-21-20-13-10-9-12-19(20)14-15-22(21)28-18-23(27)26-24(2,3)4;/h9-10,12-15,25H,5-8,11,16-18H2,1-4H3,(H,26,27);1H.